The number of nitrogens with zero attached hydrogens (tertiary/aromatic N) is 2. The van der Waals surface area contributed by atoms with Gasteiger partial charge < -0.3 is 10.4 Å². The Balaban J connectivity index is 1.97. The maximum atomic E-state index is 12.2. The van der Waals surface area contributed by atoms with Gasteiger partial charge in [0.05, 0.1) is 18.3 Å². The fourth-order valence-electron chi connectivity index (χ4n) is 2.87. The number of carbonyl (C=O) groups excluding carboxylic acids is 1. The Hall–Kier alpha value is -2.34. The summed E-state index contributed by atoms with van der Waals surface area (Å²) in [6.07, 6.45) is 0.230. The highest BCUT2D eigenvalue weighted by atomic mass is 16.3. The SMILES string of the molecule is Cc1cc(NC(=O)NCC(C)(C)CC(C)O)n(Cc2ccccc2)n1. The molecule has 3 N–H and O–H groups in total. The monoisotopic (exact) mass is 344 g/mol. The van der Waals surface area contributed by atoms with Crippen LogP contribution >= 0.6 is 0 Å². The number of urea groups is 1. The summed E-state index contributed by atoms with van der Waals surface area (Å²) in [5.41, 5.74) is 1.79. The highest BCUT2D eigenvalue weighted by Crippen LogP contribution is 2.21. The highest BCUT2D eigenvalue weighted by molar-refractivity contribution is 5.88. The van der Waals surface area contributed by atoms with Crippen LogP contribution in [-0.4, -0.2) is 33.6 Å². The van der Waals surface area contributed by atoms with Crippen LogP contribution in [0, 0.1) is 12.3 Å². The number of hydrogen-bond acceptors (Lipinski definition) is 3. The van der Waals surface area contributed by atoms with Crippen molar-refractivity contribution in [1.82, 2.24) is 15.1 Å². The number of rotatable bonds is 7. The molecule has 0 aliphatic heterocycles. The Morgan fingerprint density at radius 1 is 1.32 bits per heavy atom. The van der Waals surface area contributed by atoms with Crippen LogP contribution in [0.3, 0.4) is 0 Å². The van der Waals surface area contributed by atoms with E-state index in [1.165, 1.54) is 0 Å². The molecule has 0 fully saturated rings. The van der Waals surface area contributed by atoms with Gasteiger partial charge in [-0.25, -0.2) is 9.48 Å². The number of nitrogens with one attached hydrogen (secondary N) is 2. The molecule has 2 rings (SSSR count). The smallest absolute Gasteiger partial charge is 0.320 e. The number of aliphatic hydroxyl groups is 1. The van der Waals surface area contributed by atoms with Gasteiger partial charge in [-0.3, -0.25) is 5.32 Å². The lowest BCUT2D eigenvalue weighted by molar-refractivity contribution is 0.129. The molecular formula is C19H28N4O2. The van der Waals surface area contributed by atoms with Crippen molar-refractivity contribution in [3.63, 3.8) is 0 Å². The van der Waals surface area contributed by atoms with Gasteiger partial charge in [0.1, 0.15) is 5.82 Å². The third-order valence-electron chi connectivity index (χ3n) is 3.89. The van der Waals surface area contributed by atoms with E-state index in [0.29, 0.717) is 25.3 Å². The number of amides is 2. The predicted octanol–water partition coefficient (Wildman–Crippen LogP) is 3.16. The van der Waals surface area contributed by atoms with Gasteiger partial charge in [0.2, 0.25) is 0 Å². The number of benzene rings is 1. The quantitative estimate of drug-likeness (QED) is 0.722. The van der Waals surface area contributed by atoms with Crippen molar-refractivity contribution in [1.29, 1.82) is 0 Å². The maximum Gasteiger partial charge on any atom is 0.320 e. The molecule has 1 atom stereocenters. The third-order valence-corrected chi connectivity index (χ3v) is 3.89. The van der Waals surface area contributed by atoms with Gasteiger partial charge >= 0.3 is 6.03 Å². The zero-order valence-corrected chi connectivity index (χ0v) is 15.4. The molecule has 6 heteroatoms. The topological polar surface area (TPSA) is 79.2 Å². The van der Waals surface area contributed by atoms with Gasteiger partial charge in [-0.15, -0.1) is 0 Å². The molecule has 0 radical (unpaired) electrons. The summed E-state index contributed by atoms with van der Waals surface area (Å²) in [7, 11) is 0. The van der Waals surface area contributed by atoms with Gasteiger partial charge in [-0.05, 0) is 31.2 Å². The number of anilines is 1. The average molecular weight is 344 g/mol. The van der Waals surface area contributed by atoms with Crippen LogP contribution in [0.4, 0.5) is 10.6 Å². The molecule has 0 aliphatic rings. The van der Waals surface area contributed by atoms with E-state index in [0.717, 1.165) is 11.3 Å². The van der Waals surface area contributed by atoms with E-state index < -0.39 is 6.10 Å². The molecule has 1 aromatic carbocycles. The molecule has 0 saturated carbocycles. The standard InChI is InChI=1S/C19H28N4O2/c1-14-10-17(23(22-14)12-16-8-6-5-7-9-16)21-18(25)20-13-19(3,4)11-15(2)24/h5-10,15,24H,11-13H2,1-4H3,(H2,20,21,25). The van der Waals surface area contributed by atoms with Crippen molar-refractivity contribution < 1.29 is 9.90 Å². The molecule has 25 heavy (non-hydrogen) atoms. The summed E-state index contributed by atoms with van der Waals surface area (Å²) in [6.45, 7) is 8.77. The molecule has 1 heterocycles. The Kier molecular flexibility index (Phi) is 6.20. The summed E-state index contributed by atoms with van der Waals surface area (Å²) < 4.78 is 1.78. The first-order valence-electron chi connectivity index (χ1n) is 8.56. The molecule has 1 aromatic heterocycles. The Bertz CT molecular complexity index is 693. The van der Waals surface area contributed by atoms with Crippen molar-refractivity contribution >= 4 is 11.8 Å². The molecule has 0 aliphatic carbocycles. The largest absolute Gasteiger partial charge is 0.393 e. The van der Waals surface area contributed by atoms with Crippen LogP contribution in [0.1, 0.15) is 38.4 Å². The zero-order chi connectivity index (χ0) is 18.4. The van der Waals surface area contributed by atoms with Crippen LogP contribution in [0.2, 0.25) is 0 Å². The van der Waals surface area contributed by atoms with Gasteiger partial charge in [-0.1, -0.05) is 44.2 Å². The Morgan fingerprint density at radius 3 is 2.64 bits per heavy atom. The summed E-state index contributed by atoms with van der Waals surface area (Å²) in [6, 6.07) is 11.6. The average Bonchev–Trinajstić information content (AvgIpc) is 2.84. The van der Waals surface area contributed by atoms with Crippen molar-refractivity contribution in [3.8, 4) is 0 Å². The molecule has 0 bridgehead atoms. The first kappa shape index (κ1) is 19.0. The summed E-state index contributed by atoms with van der Waals surface area (Å²) >= 11 is 0. The normalized spacial score (nSPS) is 12.7. The lowest BCUT2D eigenvalue weighted by Gasteiger charge is -2.26. The van der Waals surface area contributed by atoms with E-state index in [2.05, 4.69) is 15.7 Å². The fourth-order valence-corrected chi connectivity index (χ4v) is 2.87. The van der Waals surface area contributed by atoms with E-state index in [-0.39, 0.29) is 11.4 Å². The summed E-state index contributed by atoms with van der Waals surface area (Å²) in [4.78, 5) is 12.2. The second-order valence-electron chi connectivity index (χ2n) is 7.34. The third kappa shape index (κ3) is 6.23. The summed E-state index contributed by atoms with van der Waals surface area (Å²) in [5.74, 6) is 0.659. The van der Waals surface area contributed by atoms with E-state index in [4.69, 9.17) is 0 Å². The van der Waals surface area contributed by atoms with Gasteiger partial charge in [-0.2, -0.15) is 5.10 Å². The maximum absolute atomic E-state index is 12.2. The second-order valence-corrected chi connectivity index (χ2v) is 7.34. The second kappa shape index (κ2) is 8.16. The van der Waals surface area contributed by atoms with Crippen LogP contribution in [0.25, 0.3) is 0 Å². The van der Waals surface area contributed by atoms with Crippen molar-refractivity contribution in [2.24, 2.45) is 5.41 Å². The minimum Gasteiger partial charge on any atom is -0.393 e. The number of aromatic nitrogens is 2. The van der Waals surface area contributed by atoms with Crippen LogP contribution in [0.5, 0.6) is 0 Å². The zero-order valence-electron chi connectivity index (χ0n) is 15.4. The molecule has 0 spiro atoms. The van der Waals surface area contributed by atoms with Crippen molar-refractivity contribution in [2.75, 3.05) is 11.9 Å². The molecule has 6 nitrogen and oxygen atoms in total. The van der Waals surface area contributed by atoms with E-state index >= 15 is 0 Å². The first-order valence-corrected chi connectivity index (χ1v) is 8.56. The van der Waals surface area contributed by atoms with E-state index in [1.807, 2.05) is 57.2 Å². The van der Waals surface area contributed by atoms with Crippen molar-refractivity contribution in [3.05, 3.63) is 47.7 Å². The van der Waals surface area contributed by atoms with Gasteiger partial charge in [0, 0.05) is 12.6 Å². The van der Waals surface area contributed by atoms with Gasteiger partial charge in [0.15, 0.2) is 0 Å². The van der Waals surface area contributed by atoms with Crippen molar-refractivity contribution in [2.45, 2.75) is 46.8 Å². The highest BCUT2D eigenvalue weighted by Gasteiger charge is 2.21. The lowest BCUT2D eigenvalue weighted by atomic mass is 9.87. The fraction of sp³-hybridized carbons (Fsp3) is 0.474. The van der Waals surface area contributed by atoms with Gasteiger partial charge in [0.25, 0.3) is 0 Å². The van der Waals surface area contributed by atoms with Crippen LogP contribution in [-0.2, 0) is 6.54 Å². The number of hydrogen-bond donors (Lipinski definition) is 3. The first-order chi connectivity index (χ1) is 11.7. The molecule has 1 unspecified atom stereocenters. The molecular weight excluding hydrogens is 316 g/mol. The van der Waals surface area contributed by atoms with E-state index in [9.17, 15) is 9.90 Å². The number of aryl methyl sites for hydroxylation is 1. The molecule has 2 aromatic rings. The van der Waals surface area contributed by atoms with E-state index in [1.54, 1.807) is 11.6 Å². The predicted molar refractivity (Wildman–Crippen MR) is 99.6 cm³/mol. The van der Waals surface area contributed by atoms with Crippen LogP contribution in [0.15, 0.2) is 36.4 Å². The Morgan fingerprint density at radius 2 is 2.00 bits per heavy atom. The molecule has 0 saturated heterocycles. The Labute approximate surface area is 149 Å². The van der Waals surface area contributed by atoms with Crippen LogP contribution < -0.4 is 10.6 Å². The minimum absolute atomic E-state index is 0.175. The lowest BCUT2D eigenvalue weighted by Crippen LogP contribution is -2.38. The summed E-state index contributed by atoms with van der Waals surface area (Å²) in [5, 5.41) is 19.7. The minimum atomic E-state index is -0.394. The number of carbonyl (C=O) groups is 1. The molecule has 2 amide bonds. The number of aliphatic hydroxyl groups excluding tert-OH is 1. The molecule has 136 valence electrons.